The van der Waals surface area contributed by atoms with Gasteiger partial charge < -0.3 is 5.32 Å². The van der Waals surface area contributed by atoms with Crippen LogP contribution in [0.1, 0.15) is 37.0 Å². The summed E-state index contributed by atoms with van der Waals surface area (Å²) in [5, 5.41) is 7.75. The lowest BCUT2D eigenvalue weighted by atomic mass is 9.98. The zero-order valence-corrected chi connectivity index (χ0v) is 13.9. The van der Waals surface area contributed by atoms with Gasteiger partial charge in [-0.25, -0.2) is 13.6 Å². The number of sulfonamides is 1. The van der Waals surface area contributed by atoms with Crippen molar-refractivity contribution in [3.05, 3.63) is 27.7 Å². The van der Waals surface area contributed by atoms with Crippen molar-refractivity contribution >= 4 is 39.1 Å². The summed E-state index contributed by atoms with van der Waals surface area (Å²) in [7, 11) is -4.02. The van der Waals surface area contributed by atoms with Crippen molar-refractivity contribution in [2.24, 2.45) is 11.1 Å². The normalized spacial score (nSPS) is 15.9. The van der Waals surface area contributed by atoms with E-state index in [4.69, 9.17) is 28.3 Å². The Kier molecular flexibility index (Phi) is 4.28. The van der Waals surface area contributed by atoms with Crippen LogP contribution < -0.4 is 10.5 Å². The summed E-state index contributed by atoms with van der Waals surface area (Å²) in [4.78, 5) is 12.1. The first-order chi connectivity index (χ1) is 9.54. The van der Waals surface area contributed by atoms with E-state index >= 15 is 0 Å². The van der Waals surface area contributed by atoms with Crippen LogP contribution in [0.5, 0.6) is 0 Å². The number of rotatable bonds is 4. The number of carbonyl (C=O) groups is 1. The lowest BCUT2D eigenvalue weighted by Crippen LogP contribution is -2.45. The van der Waals surface area contributed by atoms with Crippen molar-refractivity contribution in [1.82, 2.24) is 5.32 Å². The van der Waals surface area contributed by atoms with Crippen LogP contribution in [0.3, 0.4) is 0 Å². The van der Waals surface area contributed by atoms with E-state index in [9.17, 15) is 13.2 Å². The molecule has 0 aliphatic heterocycles. The SMILES string of the molecule is CC(C)(NC(=O)c1c(Cl)ccc(S(N)(=O)=O)c1Cl)C1CC1. The number of hydrogen-bond donors (Lipinski definition) is 2. The molecule has 0 aromatic heterocycles. The highest BCUT2D eigenvalue weighted by Gasteiger charge is 2.39. The minimum Gasteiger partial charge on any atom is -0.347 e. The largest absolute Gasteiger partial charge is 0.347 e. The van der Waals surface area contributed by atoms with Gasteiger partial charge in [-0.1, -0.05) is 23.2 Å². The molecule has 1 amide bonds. The number of hydrogen-bond acceptors (Lipinski definition) is 3. The first-order valence-electron chi connectivity index (χ1n) is 6.37. The molecule has 2 rings (SSSR count). The smallest absolute Gasteiger partial charge is 0.254 e. The Labute approximate surface area is 133 Å². The van der Waals surface area contributed by atoms with E-state index in [0.717, 1.165) is 12.8 Å². The fourth-order valence-electron chi connectivity index (χ4n) is 2.22. The summed E-state index contributed by atoms with van der Waals surface area (Å²) in [6.45, 7) is 3.82. The molecular weight excluding hydrogens is 335 g/mol. The molecule has 1 aromatic rings. The van der Waals surface area contributed by atoms with E-state index in [1.807, 2.05) is 13.8 Å². The molecule has 0 atom stereocenters. The topological polar surface area (TPSA) is 89.3 Å². The Balaban J connectivity index is 2.41. The van der Waals surface area contributed by atoms with Crippen LogP contribution in [0, 0.1) is 5.92 Å². The average Bonchev–Trinajstić information content (AvgIpc) is 3.09. The lowest BCUT2D eigenvalue weighted by Gasteiger charge is -2.26. The lowest BCUT2D eigenvalue weighted by molar-refractivity contribution is 0.0903. The number of nitrogens with one attached hydrogen (secondary N) is 1. The Morgan fingerprint density at radius 3 is 2.38 bits per heavy atom. The summed E-state index contributed by atoms with van der Waals surface area (Å²) in [5.74, 6) is -0.104. The van der Waals surface area contributed by atoms with Gasteiger partial charge in [0.25, 0.3) is 5.91 Å². The van der Waals surface area contributed by atoms with Gasteiger partial charge in [0, 0.05) is 5.54 Å². The first kappa shape index (κ1) is 16.5. The van der Waals surface area contributed by atoms with Crippen molar-refractivity contribution in [3.8, 4) is 0 Å². The highest BCUT2D eigenvalue weighted by atomic mass is 35.5. The van der Waals surface area contributed by atoms with Crippen molar-refractivity contribution in [1.29, 1.82) is 0 Å². The van der Waals surface area contributed by atoms with Crippen LogP contribution in [0.2, 0.25) is 10.0 Å². The molecule has 116 valence electrons. The summed E-state index contributed by atoms with van der Waals surface area (Å²) in [6.07, 6.45) is 2.10. The molecule has 0 bridgehead atoms. The Bertz CT molecular complexity index is 698. The second-order valence-corrected chi connectivity index (χ2v) is 8.04. The fourth-order valence-corrected chi connectivity index (χ4v) is 3.70. The van der Waals surface area contributed by atoms with Crippen LogP contribution in [-0.2, 0) is 10.0 Å². The average molecular weight is 351 g/mol. The number of carbonyl (C=O) groups excluding carboxylic acids is 1. The van der Waals surface area contributed by atoms with Crippen LogP contribution in [0.4, 0.5) is 0 Å². The second kappa shape index (κ2) is 5.43. The van der Waals surface area contributed by atoms with Crippen LogP contribution in [0.25, 0.3) is 0 Å². The van der Waals surface area contributed by atoms with E-state index in [2.05, 4.69) is 5.32 Å². The number of nitrogens with two attached hydrogens (primary N) is 1. The van der Waals surface area contributed by atoms with E-state index in [-0.39, 0.29) is 20.5 Å². The molecule has 0 spiro atoms. The van der Waals surface area contributed by atoms with E-state index in [0.29, 0.717) is 5.92 Å². The molecule has 5 nitrogen and oxygen atoms in total. The van der Waals surface area contributed by atoms with Gasteiger partial charge in [0.05, 0.1) is 15.6 Å². The zero-order valence-electron chi connectivity index (χ0n) is 11.6. The summed E-state index contributed by atoms with van der Waals surface area (Å²) in [6, 6.07) is 2.48. The van der Waals surface area contributed by atoms with Gasteiger partial charge in [-0.05, 0) is 44.7 Å². The molecular formula is C13H16Cl2N2O3S. The highest BCUT2D eigenvalue weighted by molar-refractivity contribution is 7.89. The molecule has 0 saturated heterocycles. The monoisotopic (exact) mass is 350 g/mol. The van der Waals surface area contributed by atoms with Gasteiger partial charge in [0.2, 0.25) is 10.0 Å². The molecule has 1 fully saturated rings. The molecule has 21 heavy (non-hydrogen) atoms. The van der Waals surface area contributed by atoms with Crippen LogP contribution in [0.15, 0.2) is 17.0 Å². The van der Waals surface area contributed by atoms with Gasteiger partial charge >= 0.3 is 0 Å². The molecule has 0 radical (unpaired) electrons. The maximum Gasteiger partial charge on any atom is 0.254 e. The maximum atomic E-state index is 12.4. The summed E-state index contributed by atoms with van der Waals surface area (Å²) < 4.78 is 22.9. The first-order valence-corrected chi connectivity index (χ1v) is 8.67. The van der Waals surface area contributed by atoms with Gasteiger partial charge in [-0.2, -0.15) is 0 Å². The standard InChI is InChI=1S/C13H16Cl2N2O3S/c1-13(2,7-3-4-7)17-12(18)10-8(14)5-6-9(11(10)15)21(16,19)20/h5-7H,3-4H2,1-2H3,(H,17,18)(H2,16,19,20). The zero-order chi connectivity index (χ0) is 16.0. The van der Waals surface area contributed by atoms with Crippen LogP contribution in [-0.4, -0.2) is 19.9 Å². The van der Waals surface area contributed by atoms with Gasteiger partial charge in [-0.15, -0.1) is 0 Å². The minimum atomic E-state index is -4.02. The molecule has 8 heteroatoms. The van der Waals surface area contributed by atoms with Crippen molar-refractivity contribution in [2.45, 2.75) is 37.1 Å². The van der Waals surface area contributed by atoms with Gasteiger partial charge in [0.15, 0.2) is 0 Å². The van der Waals surface area contributed by atoms with E-state index in [1.165, 1.54) is 12.1 Å². The third-order valence-corrected chi connectivity index (χ3v) is 5.40. The number of primary sulfonamides is 1. The Morgan fingerprint density at radius 2 is 1.90 bits per heavy atom. The van der Waals surface area contributed by atoms with Crippen molar-refractivity contribution in [3.63, 3.8) is 0 Å². The third-order valence-electron chi connectivity index (χ3n) is 3.62. The van der Waals surface area contributed by atoms with Crippen molar-refractivity contribution in [2.75, 3.05) is 0 Å². The predicted octanol–water partition coefficient (Wildman–Crippen LogP) is 2.56. The number of benzene rings is 1. The Hall–Kier alpha value is -0.820. The maximum absolute atomic E-state index is 12.4. The van der Waals surface area contributed by atoms with Crippen LogP contribution >= 0.6 is 23.2 Å². The molecule has 1 aliphatic rings. The third kappa shape index (κ3) is 3.51. The highest BCUT2D eigenvalue weighted by Crippen LogP contribution is 2.40. The molecule has 1 saturated carbocycles. The molecule has 3 N–H and O–H groups in total. The second-order valence-electron chi connectivity index (χ2n) is 5.73. The quantitative estimate of drug-likeness (QED) is 0.874. The fraction of sp³-hybridized carbons (Fsp3) is 0.462. The summed E-state index contributed by atoms with van der Waals surface area (Å²) >= 11 is 12.0. The molecule has 1 aliphatic carbocycles. The number of amides is 1. The predicted molar refractivity (Wildman–Crippen MR) is 82.1 cm³/mol. The number of halogens is 2. The van der Waals surface area contributed by atoms with Crippen molar-refractivity contribution < 1.29 is 13.2 Å². The molecule has 1 aromatic carbocycles. The van der Waals surface area contributed by atoms with E-state index in [1.54, 1.807) is 0 Å². The molecule has 0 unspecified atom stereocenters. The van der Waals surface area contributed by atoms with Gasteiger partial charge in [-0.3, -0.25) is 4.79 Å². The summed E-state index contributed by atoms with van der Waals surface area (Å²) in [5.41, 5.74) is -0.472. The van der Waals surface area contributed by atoms with E-state index < -0.39 is 21.5 Å². The van der Waals surface area contributed by atoms with Gasteiger partial charge in [0.1, 0.15) is 4.90 Å². The minimum absolute atomic E-state index is 0.0708. The molecule has 0 heterocycles. The Morgan fingerprint density at radius 1 is 1.33 bits per heavy atom.